The Morgan fingerprint density at radius 3 is 2.29 bits per heavy atom. The Hall–Kier alpha value is -0.670. The van der Waals surface area contributed by atoms with Crippen molar-refractivity contribution >= 4 is 17.4 Å². The molecule has 0 spiro atoms. The Bertz CT molecular complexity index is 323. The van der Waals surface area contributed by atoms with Crippen molar-refractivity contribution in [1.29, 1.82) is 0 Å². The van der Waals surface area contributed by atoms with E-state index in [4.69, 9.17) is 0 Å². The van der Waals surface area contributed by atoms with Crippen LogP contribution in [0, 0.1) is 0 Å². The first kappa shape index (κ1) is 14.4. The molecule has 0 aliphatic rings. The van der Waals surface area contributed by atoms with E-state index in [2.05, 4.69) is 37.3 Å². The van der Waals surface area contributed by atoms with E-state index in [-0.39, 0.29) is 6.10 Å². The molecular weight excluding hydrogens is 230 g/mol. The molecule has 1 rings (SSSR count). The fraction of sp³-hybridized carbons (Fsp3) is 0.571. The van der Waals surface area contributed by atoms with Gasteiger partial charge in [-0.05, 0) is 37.3 Å². The Kier molecular flexibility index (Phi) is 5.86. The number of nitrogens with zero attached hydrogens (tertiary/aromatic N) is 1. The SMILES string of the molecule is CCC(CSC)N(C)c1ccc(C(C)O)cc1. The lowest BCUT2D eigenvalue weighted by atomic mass is 10.1. The summed E-state index contributed by atoms with van der Waals surface area (Å²) >= 11 is 1.88. The topological polar surface area (TPSA) is 23.5 Å². The van der Waals surface area contributed by atoms with Gasteiger partial charge in [-0.25, -0.2) is 0 Å². The second-order valence-electron chi connectivity index (χ2n) is 4.40. The van der Waals surface area contributed by atoms with E-state index >= 15 is 0 Å². The van der Waals surface area contributed by atoms with Gasteiger partial charge < -0.3 is 10.0 Å². The van der Waals surface area contributed by atoms with Crippen LogP contribution in [0.25, 0.3) is 0 Å². The molecule has 1 N–H and O–H groups in total. The van der Waals surface area contributed by atoms with Crippen molar-refractivity contribution in [2.24, 2.45) is 0 Å². The van der Waals surface area contributed by atoms with Crippen LogP contribution < -0.4 is 4.90 Å². The van der Waals surface area contributed by atoms with E-state index in [0.29, 0.717) is 6.04 Å². The molecule has 0 aliphatic heterocycles. The van der Waals surface area contributed by atoms with Crippen LogP contribution >= 0.6 is 11.8 Å². The summed E-state index contributed by atoms with van der Waals surface area (Å²) in [5.41, 5.74) is 2.19. The number of aliphatic hydroxyl groups is 1. The molecule has 0 saturated carbocycles. The summed E-state index contributed by atoms with van der Waals surface area (Å²) < 4.78 is 0. The van der Waals surface area contributed by atoms with Gasteiger partial charge in [-0.15, -0.1) is 0 Å². The van der Waals surface area contributed by atoms with Crippen molar-refractivity contribution in [3.05, 3.63) is 29.8 Å². The molecule has 1 aromatic carbocycles. The lowest BCUT2D eigenvalue weighted by molar-refractivity contribution is 0.199. The quantitative estimate of drug-likeness (QED) is 0.841. The van der Waals surface area contributed by atoms with Crippen molar-refractivity contribution in [2.75, 3.05) is 24.0 Å². The largest absolute Gasteiger partial charge is 0.389 e. The van der Waals surface area contributed by atoms with E-state index in [1.54, 1.807) is 6.92 Å². The molecule has 2 atom stereocenters. The van der Waals surface area contributed by atoms with Gasteiger partial charge in [-0.3, -0.25) is 0 Å². The number of aliphatic hydroxyl groups excluding tert-OH is 1. The molecule has 2 nitrogen and oxygen atoms in total. The first-order valence-electron chi connectivity index (χ1n) is 6.10. The molecule has 17 heavy (non-hydrogen) atoms. The fourth-order valence-electron chi connectivity index (χ4n) is 1.89. The Morgan fingerprint density at radius 2 is 1.88 bits per heavy atom. The zero-order valence-corrected chi connectivity index (χ0v) is 12.0. The minimum absolute atomic E-state index is 0.387. The van der Waals surface area contributed by atoms with E-state index in [1.807, 2.05) is 23.9 Å². The van der Waals surface area contributed by atoms with Gasteiger partial charge in [0, 0.05) is 24.5 Å². The number of hydrogen-bond acceptors (Lipinski definition) is 3. The summed E-state index contributed by atoms with van der Waals surface area (Å²) in [5, 5.41) is 9.48. The zero-order valence-electron chi connectivity index (χ0n) is 11.2. The number of rotatable bonds is 6. The summed E-state index contributed by atoms with van der Waals surface area (Å²) in [6, 6.07) is 8.75. The molecule has 0 saturated heterocycles. The van der Waals surface area contributed by atoms with Crippen LogP contribution in [-0.4, -0.2) is 30.2 Å². The van der Waals surface area contributed by atoms with Crippen LogP contribution in [-0.2, 0) is 0 Å². The van der Waals surface area contributed by atoms with Gasteiger partial charge in [0.1, 0.15) is 0 Å². The van der Waals surface area contributed by atoms with E-state index in [9.17, 15) is 5.11 Å². The van der Waals surface area contributed by atoms with Crippen LogP contribution in [0.1, 0.15) is 31.9 Å². The highest BCUT2D eigenvalue weighted by Crippen LogP contribution is 2.21. The molecule has 96 valence electrons. The fourth-order valence-corrected chi connectivity index (χ4v) is 2.74. The van der Waals surface area contributed by atoms with Crippen molar-refractivity contribution in [3.8, 4) is 0 Å². The smallest absolute Gasteiger partial charge is 0.0761 e. The minimum atomic E-state index is -0.387. The van der Waals surface area contributed by atoms with E-state index in [0.717, 1.165) is 17.7 Å². The van der Waals surface area contributed by atoms with Gasteiger partial charge in [-0.1, -0.05) is 19.1 Å². The first-order valence-corrected chi connectivity index (χ1v) is 7.49. The third kappa shape index (κ3) is 3.93. The molecule has 0 aliphatic carbocycles. The van der Waals surface area contributed by atoms with Gasteiger partial charge in [-0.2, -0.15) is 11.8 Å². The van der Waals surface area contributed by atoms with E-state index in [1.165, 1.54) is 5.69 Å². The minimum Gasteiger partial charge on any atom is -0.389 e. The summed E-state index contributed by atoms with van der Waals surface area (Å²) in [5.74, 6) is 1.14. The highest BCUT2D eigenvalue weighted by Gasteiger charge is 2.12. The Morgan fingerprint density at radius 1 is 1.29 bits per heavy atom. The number of thioether (sulfide) groups is 1. The summed E-state index contributed by atoms with van der Waals surface area (Å²) in [6.07, 6.45) is 2.91. The van der Waals surface area contributed by atoms with Gasteiger partial charge in [0.25, 0.3) is 0 Å². The van der Waals surface area contributed by atoms with Gasteiger partial charge >= 0.3 is 0 Å². The number of anilines is 1. The van der Waals surface area contributed by atoms with Crippen LogP contribution in [0.4, 0.5) is 5.69 Å². The van der Waals surface area contributed by atoms with Crippen molar-refractivity contribution in [1.82, 2.24) is 0 Å². The third-order valence-corrected chi connectivity index (χ3v) is 3.88. The van der Waals surface area contributed by atoms with Gasteiger partial charge in [0.05, 0.1) is 6.10 Å². The Labute approximate surface area is 109 Å². The Balaban J connectivity index is 2.77. The predicted octanol–water partition coefficient (Wildman–Crippen LogP) is 3.32. The molecule has 0 heterocycles. The third-order valence-electron chi connectivity index (χ3n) is 3.16. The van der Waals surface area contributed by atoms with E-state index < -0.39 is 0 Å². The average molecular weight is 253 g/mol. The maximum atomic E-state index is 9.48. The van der Waals surface area contributed by atoms with Crippen LogP contribution in [0.15, 0.2) is 24.3 Å². The van der Waals surface area contributed by atoms with Crippen molar-refractivity contribution in [2.45, 2.75) is 32.4 Å². The van der Waals surface area contributed by atoms with Gasteiger partial charge in [0.15, 0.2) is 0 Å². The molecule has 3 heteroatoms. The highest BCUT2D eigenvalue weighted by molar-refractivity contribution is 7.98. The molecule has 0 bridgehead atoms. The first-order chi connectivity index (χ1) is 8.10. The monoisotopic (exact) mass is 253 g/mol. The second-order valence-corrected chi connectivity index (χ2v) is 5.31. The predicted molar refractivity (Wildman–Crippen MR) is 77.9 cm³/mol. The standard InChI is InChI=1S/C14H23NOS/c1-5-13(10-17-4)15(3)14-8-6-12(7-9-14)11(2)16/h6-9,11,13,16H,5,10H2,1-4H3. The molecular formula is C14H23NOS. The molecule has 0 radical (unpaired) electrons. The number of hydrogen-bond donors (Lipinski definition) is 1. The average Bonchev–Trinajstić information content (AvgIpc) is 2.35. The number of benzene rings is 1. The maximum Gasteiger partial charge on any atom is 0.0761 e. The summed E-state index contributed by atoms with van der Waals surface area (Å²) in [4.78, 5) is 2.32. The van der Waals surface area contributed by atoms with Gasteiger partial charge in [0.2, 0.25) is 0 Å². The summed E-state index contributed by atoms with van der Waals surface area (Å²) in [7, 11) is 2.14. The maximum absolute atomic E-state index is 9.48. The van der Waals surface area contributed by atoms with Crippen molar-refractivity contribution in [3.63, 3.8) is 0 Å². The lowest BCUT2D eigenvalue weighted by Crippen LogP contribution is -2.33. The molecule has 0 fully saturated rings. The zero-order chi connectivity index (χ0) is 12.8. The second kappa shape index (κ2) is 6.92. The summed E-state index contributed by atoms with van der Waals surface area (Å²) in [6.45, 7) is 4.02. The van der Waals surface area contributed by atoms with Crippen LogP contribution in [0.2, 0.25) is 0 Å². The van der Waals surface area contributed by atoms with Crippen LogP contribution in [0.3, 0.4) is 0 Å². The molecule has 0 aromatic heterocycles. The molecule has 1 aromatic rings. The highest BCUT2D eigenvalue weighted by atomic mass is 32.2. The molecule has 0 amide bonds. The van der Waals surface area contributed by atoms with Crippen LogP contribution in [0.5, 0.6) is 0 Å². The molecule has 2 unspecified atom stereocenters. The lowest BCUT2D eigenvalue weighted by Gasteiger charge is -2.29. The van der Waals surface area contributed by atoms with Crippen molar-refractivity contribution < 1.29 is 5.11 Å². The normalized spacial score (nSPS) is 14.4.